The summed E-state index contributed by atoms with van der Waals surface area (Å²) in [5, 5.41) is 55.6. The number of hydrogen-bond acceptors (Lipinski definition) is 9. The molecule has 5 aromatic rings. The number of anilines is 2. The summed E-state index contributed by atoms with van der Waals surface area (Å²) in [6, 6.07) is 31.5. The molecule has 44 heavy (non-hydrogen) atoms. The Labute approximate surface area is 254 Å². The smallest absolute Gasteiger partial charge is 0.150 e. The number of aromatic nitrogens is 4. The normalized spacial score (nSPS) is 14.3. The van der Waals surface area contributed by atoms with E-state index in [1.807, 2.05) is 66.7 Å². The number of hydrogen-bond donors (Lipinski definition) is 2. The van der Waals surface area contributed by atoms with Gasteiger partial charge in [0.1, 0.15) is 17.8 Å². The highest BCUT2D eigenvalue weighted by atomic mass is 15.5. The standard InChI is InChI=1S/C34H26N10/c35-15-7-12-29(23-8-3-1-4-9-23)41-32-26(19-37)20-39-31-25(18-36)16-27(17-28(31)32)40-33(24-10-5-2-6-11-24)30-21-44(43-42-30)34(22-38)13-14-34/h1-6,8-11,16-17,20-21,29,33,40H,7,12-14H2,(H,39,41). The number of nitriles is 4. The van der Waals surface area contributed by atoms with Gasteiger partial charge in [0.15, 0.2) is 5.54 Å². The van der Waals surface area contributed by atoms with Crippen LogP contribution in [0.3, 0.4) is 0 Å². The van der Waals surface area contributed by atoms with E-state index in [1.165, 1.54) is 6.20 Å². The summed E-state index contributed by atoms with van der Waals surface area (Å²) in [7, 11) is 0. The van der Waals surface area contributed by atoms with E-state index in [0.29, 0.717) is 51.9 Å². The van der Waals surface area contributed by atoms with Crippen molar-refractivity contribution in [3.8, 4) is 24.3 Å². The van der Waals surface area contributed by atoms with E-state index < -0.39 is 11.6 Å². The van der Waals surface area contributed by atoms with Gasteiger partial charge >= 0.3 is 0 Å². The predicted molar refractivity (Wildman–Crippen MR) is 164 cm³/mol. The molecule has 2 aromatic heterocycles. The Morgan fingerprint density at radius 3 is 2.20 bits per heavy atom. The minimum Gasteiger partial charge on any atom is -0.377 e. The van der Waals surface area contributed by atoms with Crippen LogP contribution in [0.25, 0.3) is 10.9 Å². The van der Waals surface area contributed by atoms with Gasteiger partial charge in [-0.25, -0.2) is 4.68 Å². The first-order chi connectivity index (χ1) is 21.6. The first-order valence-electron chi connectivity index (χ1n) is 14.2. The van der Waals surface area contributed by atoms with Crippen molar-refractivity contribution in [3.05, 3.63) is 113 Å². The first kappa shape index (κ1) is 27.9. The summed E-state index contributed by atoms with van der Waals surface area (Å²) in [4.78, 5) is 4.49. The van der Waals surface area contributed by atoms with Gasteiger partial charge in [-0.15, -0.1) is 5.10 Å². The van der Waals surface area contributed by atoms with Crippen LogP contribution in [-0.2, 0) is 5.54 Å². The van der Waals surface area contributed by atoms with Gasteiger partial charge in [-0.1, -0.05) is 65.9 Å². The molecule has 3 aromatic carbocycles. The molecule has 1 aliphatic rings. The lowest BCUT2D eigenvalue weighted by Gasteiger charge is -2.23. The molecule has 10 heteroatoms. The molecule has 0 radical (unpaired) electrons. The molecule has 0 aliphatic heterocycles. The molecule has 0 bridgehead atoms. The average Bonchev–Trinajstić information content (AvgIpc) is 3.73. The largest absolute Gasteiger partial charge is 0.377 e. The van der Waals surface area contributed by atoms with E-state index >= 15 is 0 Å². The molecular formula is C34H26N10. The predicted octanol–water partition coefficient (Wildman–Crippen LogP) is 6.24. The summed E-state index contributed by atoms with van der Waals surface area (Å²) >= 11 is 0. The fourth-order valence-corrected chi connectivity index (χ4v) is 5.37. The van der Waals surface area contributed by atoms with Crippen molar-refractivity contribution in [2.45, 2.75) is 43.3 Å². The van der Waals surface area contributed by atoms with Crippen molar-refractivity contribution in [2.24, 2.45) is 0 Å². The van der Waals surface area contributed by atoms with Gasteiger partial charge in [0.2, 0.25) is 0 Å². The molecule has 1 fully saturated rings. The van der Waals surface area contributed by atoms with E-state index in [2.05, 4.69) is 50.2 Å². The van der Waals surface area contributed by atoms with Crippen LogP contribution in [0.2, 0.25) is 0 Å². The summed E-state index contributed by atoms with van der Waals surface area (Å²) < 4.78 is 1.64. The average molecular weight is 575 g/mol. The maximum atomic E-state index is 10.2. The number of nitrogens with zero attached hydrogens (tertiary/aromatic N) is 8. The van der Waals surface area contributed by atoms with Crippen molar-refractivity contribution in [3.63, 3.8) is 0 Å². The molecule has 6 rings (SSSR count). The minimum absolute atomic E-state index is 0.252. The summed E-state index contributed by atoms with van der Waals surface area (Å²) in [5.41, 5.74) is 4.14. The summed E-state index contributed by atoms with van der Waals surface area (Å²) in [6.07, 6.45) is 5.57. The molecule has 10 nitrogen and oxygen atoms in total. The lowest BCUT2D eigenvalue weighted by Crippen LogP contribution is -2.16. The highest BCUT2D eigenvalue weighted by Gasteiger charge is 2.46. The molecule has 0 amide bonds. The monoisotopic (exact) mass is 574 g/mol. The minimum atomic E-state index is -0.649. The topological polar surface area (TPSA) is 163 Å². The maximum absolute atomic E-state index is 10.2. The van der Waals surface area contributed by atoms with Crippen molar-refractivity contribution >= 4 is 22.3 Å². The van der Waals surface area contributed by atoms with E-state index in [9.17, 15) is 21.0 Å². The van der Waals surface area contributed by atoms with Gasteiger partial charge in [-0.2, -0.15) is 21.0 Å². The Bertz CT molecular complexity index is 1980. The number of fused-ring (bicyclic) bond motifs is 1. The number of benzene rings is 3. The van der Waals surface area contributed by atoms with Crippen LogP contribution in [0.4, 0.5) is 11.4 Å². The number of rotatable bonds is 10. The van der Waals surface area contributed by atoms with Crippen molar-refractivity contribution in [1.29, 1.82) is 21.0 Å². The quantitative estimate of drug-likeness (QED) is 0.196. The van der Waals surface area contributed by atoms with E-state index in [-0.39, 0.29) is 6.04 Å². The lowest BCUT2D eigenvalue weighted by atomic mass is 9.99. The SMILES string of the molecule is N#CCCC(Nc1c(C#N)cnc2c(C#N)cc(NC(c3ccccc3)c3cn(C4(C#N)CC4)nn3)cc12)c1ccccc1. The van der Waals surface area contributed by atoms with Gasteiger partial charge in [-0.05, 0) is 42.5 Å². The summed E-state index contributed by atoms with van der Waals surface area (Å²) in [6.45, 7) is 0. The Morgan fingerprint density at radius 2 is 1.57 bits per heavy atom. The zero-order valence-electron chi connectivity index (χ0n) is 23.6. The second-order valence-corrected chi connectivity index (χ2v) is 10.7. The van der Waals surface area contributed by atoms with Crippen molar-refractivity contribution in [1.82, 2.24) is 20.0 Å². The van der Waals surface area contributed by atoms with Crippen LogP contribution in [0.15, 0.2) is 85.2 Å². The van der Waals surface area contributed by atoms with E-state index in [4.69, 9.17) is 0 Å². The van der Waals surface area contributed by atoms with Crippen molar-refractivity contribution in [2.75, 3.05) is 10.6 Å². The van der Waals surface area contributed by atoms with Gasteiger partial charge in [-0.3, -0.25) is 4.98 Å². The molecule has 212 valence electrons. The molecule has 2 heterocycles. The second-order valence-electron chi connectivity index (χ2n) is 10.7. The van der Waals surface area contributed by atoms with Crippen LogP contribution in [-0.4, -0.2) is 20.0 Å². The van der Waals surface area contributed by atoms with E-state index in [0.717, 1.165) is 24.0 Å². The zero-order valence-corrected chi connectivity index (χ0v) is 23.6. The molecule has 0 spiro atoms. The van der Waals surface area contributed by atoms with Gasteiger partial charge in [0.25, 0.3) is 0 Å². The van der Waals surface area contributed by atoms with Crippen molar-refractivity contribution < 1.29 is 0 Å². The van der Waals surface area contributed by atoms with Crippen LogP contribution >= 0.6 is 0 Å². The Morgan fingerprint density at radius 1 is 0.864 bits per heavy atom. The van der Waals surface area contributed by atoms with E-state index in [1.54, 1.807) is 16.9 Å². The highest BCUT2D eigenvalue weighted by molar-refractivity contribution is 5.99. The molecule has 2 atom stereocenters. The third-order valence-corrected chi connectivity index (χ3v) is 7.90. The van der Waals surface area contributed by atoms with Crippen LogP contribution in [0.1, 0.15) is 65.7 Å². The van der Waals surface area contributed by atoms with Gasteiger partial charge < -0.3 is 10.6 Å². The molecule has 2 N–H and O–H groups in total. The number of pyridine rings is 1. The third kappa shape index (κ3) is 5.37. The highest BCUT2D eigenvalue weighted by Crippen LogP contribution is 2.42. The molecule has 1 aliphatic carbocycles. The fourth-order valence-electron chi connectivity index (χ4n) is 5.37. The van der Waals surface area contributed by atoms with Gasteiger partial charge in [0.05, 0.1) is 52.7 Å². The summed E-state index contributed by atoms with van der Waals surface area (Å²) in [5.74, 6) is 0. The van der Waals surface area contributed by atoms with Crippen LogP contribution in [0.5, 0.6) is 0 Å². The van der Waals surface area contributed by atoms with Crippen LogP contribution in [0, 0.1) is 45.3 Å². The van der Waals surface area contributed by atoms with Crippen LogP contribution < -0.4 is 10.6 Å². The molecular weight excluding hydrogens is 548 g/mol. The number of nitrogens with one attached hydrogen (secondary N) is 2. The third-order valence-electron chi connectivity index (χ3n) is 7.90. The second kappa shape index (κ2) is 11.9. The Hall–Kier alpha value is -6.23. The fraction of sp³-hybridized carbons (Fsp3) is 0.206. The zero-order chi connectivity index (χ0) is 30.5. The Balaban J connectivity index is 1.45. The first-order valence-corrected chi connectivity index (χ1v) is 14.2. The molecule has 2 unspecified atom stereocenters. The van der Waals surface area contributed by atoms with Gasteiger partial charge in [0, 0.05) is 23.7 Å². The lowest BCUT2D eigenvalue weighted by molar-refractivity contribution is 0.516. The molecule has 0 saturated heterocycles. The molecule has 1 saturated carbocycles. The Kier molecular flexibility index (Phi) is 7.58. The maximum Gasteiger partial charge on any atom is 0.150 e.